The number of rotatable bonds is 8. The number of aliphatic hydroxyl groups excluding tert-OH is 1. The highest BCUT2D eigenvalue weighted by Gasteiger charge is 2.27. The van der Waals surface area contributed by atoms with E-state index in [0.29, 0.717) is 24.3 Å². The van der Waals surface area contributed by atoms with Crippen LogP contribution in [0.4, 0.5) is 5.69 Å². The van der Waals surface area contributed by atoms with Gasteiger partial charge in [-0.2, -0.15) is 4.31 Å². The predicted octanol–water partition coefficient (Wildman–Crippen LogP) is 2.15. The third kappa shape index (κ3) is 5.93. The van der Waals surface area contributed by atoms with E-state index in [1.54, 1.807) is 38.1 Å². The molecule has 1 heterocycles. The molecular weight excluding hydrogens is 430 g/mol. The van der Waals surface area contributed by atoms with Crippen molar-refractivity contribution in [2.75, 3.05) is 25.0 Å². The summed E-state index contributed by atoms with van der Waals surface area (Å²) in [6, 6.07) is 12.8. The summed E-state index contributed by atoms with van der Waals surface area (Å²) in [6.45, 7) is 4.37. The maximum Gasteiger partial charge on any atom is 0.255 e. The van der Waals surface area contributed by atoms with Crippen LogP contribution >= 0.6 is 0 Å². The fourth-order valence-electron chi connectivity index (χ4n) is 3.41. The number of benzene rings is 2. The van der Waals surface area contributed by atoms with Crippen LogP contribution in [-0.4, -0.2) is 54.9 Å². The highest BCUT2D eigenvalue weighted by Crippen LogP contribution is 2.21. The molecule has 1 aliphatic heterocycles. The fraction of sp³-hybridized carbons (Fsp3) is 0.391. The lowest BCUT2D eigenvalue weighted by Gasteiger charge is -2.23. The summed E-state index contributed by atoms with van der Waals surface area (Å²) in [4.78, 5) is 24.8. The van der Waals surface area contributed by atoms with E-state index in [2.05, 4.69) is 10.6 Å². The van der Waals surface area contributed by atoms with E-state index >= 15 is 0 Å². The maximum absolute atomic E-state index is 12.6. The molecule has 0 aliphatic carbocycles. The first-order valence-corrected chi connectivity index (χ1v) is 12.0. The van der Waals surface area contributed by atoms with Gasteiger partial charge in [-0.3, -0.25) is 9.59 Å². The van der Waals surface area contributed by atoms with E-state index in [0.717, 1.165) is 18.4 Å². The Morgan fingerprint density at radius 3 is 2.16 bits per heavy atom. The number of nitrogens with one attached hydrogen (secondary N) is 2. The van der Waals surface area contributed by atoms with E-state index in [-0.39, 0.29) is 29.7 Å². The summed E-state index contributed by atoms with van der Waals surface area (Å²) in [5, 5.41) is 14.8. The summed E-state index contributed by atoms with van der Waals surface area (Å²) in [5.41, 5.74) is 0.989. The Hall–Kier alpha value is -2.75. The Morgan fingerprint density at radius 2 is 1.59 bits per heavy atom. The van der Waals surface area contributed by atoms with Gasteiger partial charge in [0.1, 0.15) is 0 Å². The van der Waals surface area contributed by atoms with Crippen LogP contribution in [-0.2, 0) is 21.2 Å². The molecule has 172 valence electrons. The van der Waals surface area contributed by atoms with Crippen molar-refractivity contribution >= 4 is 27.5 Å². The van der Waals surface area contributed by atoms with Gasteiger partial charge in [0.2, 0.25) is 15.9 Å². The van der Waals surface area contributed by atoms with Crippen molar-refractivity contribution in [3.05, 3.63) is 59.7 Å². The van der Waals surface area contributed by atoms with Crippen LogP contribution in [0.2, 0.25) is 0 Å². The van der Waals surface area contributed by atoms with Crippen molar-refractivity contribution in [2.24, 2.45) is 0 Å². The number of carbonyl (C=O) groups is 2. The van der Waals surface area contributed by atoms with Crippen LogP contribution in [0.25, 0.3) is 0 Å². The van der Waals surface area contributed by atoms with Gasteiger partial charge in [-0.15, -0.1) is 0 Å². The number of aliphatic hydroxyl groups is 1. The van der Waals surface area contributed by atoms with E-state index in [4.69, 9.17) is 0 Å². The van der Waals surface area contributed by atoms with Gasteiger partial charge in [0.15, 0.2) is 0 Å². The van der Waals surface area contributed by atoms with Crippen molar-refractivity contribution in [1.82, 2.24) is 9.62 Å². The maximum atomic E-state index is 12.6. The SMILES string of the molecule is CC(C)(CO)NC(=O)Cc1ccc(NC(=O)c2ccc(S(=O)(=O)N3CCCC3)cc2)cc1. The number of hydrogen-bond donors (Lipinski definition) is 3. The minimum atomic E-state index is -3.51. The van der Waals surface area contributed by atoms with Crippen LogP contribution in [0.15, 0.2) is 53.4 Å². The number of sulfonamides is 1. The normalized spacial score (nSPS) is 14.8. The summed E-state index contributed by atoms with van der Waals surface area (Å²) in [7, 11) is -3.51. The molecule has 3 rings (SSSR count). The summed E-state index contributed by atoms with van der Waals surface area (Å²) < 4.78 is 26.7. The molecule has 2 amide bonds. The van der Waals surface area contributed by atoms with Crippen molar-refractivity contribution < 1.29 is 23.1 Å². The number of carbonyl (C=O) groups excluding carboxylic acids is 2. The minimum absolute atomic E-state index is 0.157. The molecule has 1 fully saturated rings. The molecular formula is C23H29N3O5S. The first kappa shape index (κ1) is 23.9. The molecule has 0 atom stereocenters. The molecule has 3 N–H and O–H groups in total. The van der Waals surface area contributed by atoms with Gasteiger partial charge in [0.25, 0.3) is 5.91 Å². The second kappa shape index (κ2) is 9.81. The average molecular weight is 460 g/mol. The Kier molecular flexibility index (Phi) is 7.33. The molecule has 9 heteroatoms. The zero-order valence-electron chi connectivity index (χ0n) is 18.3. The Labute approximate surface area is 188 Å². The number of hydrogen-bond acceptors (Lipinski definition) is 5. The quantitative estimate of drug-likeness (QED) is 0.559. The van der Waals surface area contributed by atoms with Crippen molar-refractivity contribution in [3.63, 3.8) is 0 Å². The molecule has 8 nitrogen and oxygen atoms in total. The predicted molar refractivity (Wildman–Crippen MR) is 122 cm³/mol. The van der Waals surface area contributed by atoms with Gasteiger partial charge >= 0.3 is 0 Å². The summed E-state index contributed by atoms with van der Waals surface area (Å²) in [6.07, 6.45) is 1.89. The molecule has 0 spiro atoms. The lowest BCUT2D eigenvalue weighted by Crippen LogP contribution is -2.46. The Balaban J connectivity index is 1.59. The van der Waals surface area contributed by atoms with Gasteiger partial charge in [0, 0.05) is 24.3 Å². The Morgan fingerprint density at radius 1 is 1.00 bits per heavy atom. The second-order valence-corrected chi connectivity index (χ2v) is 10.5. The summed E-state index contributed by atoms with van der Waals surface area (Å²) in [5.74, 6) is -0.560. The van der Waals surface area contributed by atoms with Crippen molar-refractivity contribution in [1.29, 1.82) is 0 Å². The zero-order valence-corrected chi connectivity index (χ0v) is 19.1. The van der Waals surface area contributed by atoms with E-state index in [9.17, 15) is 23.1 Å². The Bertz CT molecular complexity index is 1060. The largest absolute Gasteiger partial charge is 0.394 e. The van der Waals surface area contributed by atoms with Gasteiger partial charge in [0.05, 0.1) is 23.5 Å². The summed E-state index contributed by atoms with van der Waals surface area (Å²) >= 11 is 0. The molecule has 0 saturated carbocycles. The fourth-order valence-corrected chi connectivity index (χ4v) is 4.93. The number of anilines is 1. The number of amides is 2. The molecule has 32 heavy (non-hydrogen) atoms. The first-order chi connectivity index (χ1) is 15.1. The topological polar surface area (TPSA) is 116 Å². The van der Waals surface area contributed by atoms with E-state index in [1.807, 2.05) is 0 Å². The average Bonchev–Trinajstić information content (AvgIpc) is 3.31. The smallest absolute Gasteiger partial charge is 0.255 e. The minimum Gasteiger partial charge on any atom is -0.394 e. The lowest BCUT2D eigenvalue weighted by atomic mass is 10.1. The van der Waals surface area contributed by atoms with Crippen LogP contribution in [0.3, 0.4) is 0 Å². The molecule has 1 saturated heterocycles. The third-order valence-electron chi connectivity index (χ3n) is 5.27. The highest BCUT2D eigenvalue weighted by molar-refractivity contribution is 7.89. The van der Waals surface area contributed by atoms with Crippen molar-refractivity contribution in [2.45, 2.75) is 43.5 Å². The van der Waals surface area contributed by atoms with Crippen LogP contribution in [0.1, 0.15) is 42.6 Å². The second-order valence-electron chi connectivity index (χ2n) is 8.55. The van der Waals surface area contributed by atoms with Gasteiger partial charge < -0.3 is 15.7 Å². The van der Waals surface area contributed by atoms with Crippen LogP contribution in [0.5, 0.6) is 0 Å². The standard InChI is InChI=1S/C23H29N3O5S/c1-23(2,16-27)25-21(28)15-17-5-9-19(10-6-17)24-22(29)18-7-11-20(12-8-18)32(30,31)26-13-3-4-14-26/h5-12,27H,3-4,13-16H2,1-2H3,(H,24,29)(H,25,28). The van der Waals surface area contributed by atoms with Crippen LogP contribution in [0, 0.1) is 0 Å². The van der Waals surface area contributed by atoms with Gasteiger partial charge in [-0.1, -0.05) is 12.1 Å². The van der Waals surface area contributed by atoms with Crippen LogP contribution < -0.4 is 10.6 Å². The molecule has 0 aromatic heterocycles. The highest BCUT2D eigenvalue weighted by atomic mass is 32.2. The molecule has 0 bridgehead atoms. The molecule has 0 unspecified atom stereocenters. The first-order valence-electron chi connectivity index (χ1n) is 10.5. The molecule has 1 aliphatic rings. The number of nitrogens with zero attached hydrogens (tertiary/aromatic N) is 1. The van der Waals surface area contributed by atoms with Gasteiger partial charge in [-0.05, 0) is 68.7 Å². The third-order valence-corrected chi connectivity index (χ3v) is 7.18. The van der Waals surface area contributed by atoms with E-state index < -0.39 is 15.6 Å². The monoisotopic (exact) mass is 459 g/mol. The molecule has 2 aromatic rings. The lowest BCUT2D eigenvalue weighted by molar-refractivity contribution is -0.122. The molecule has 2 aromatic carbocycles. The zero-order chi connectivity index (χ0) is 23.4. The molecule has 0 radical (unpaired) electrons. The van der Waals surface area contributed by atoms with Gasteiger partial charge in [-0.25, -0.2) is 8.42 Å². The van der Waals surface area contributed by atoms with Crippen molar-refractivity contribution in [3.8, 4) is 0 Å². The van der Waals surface area contributed by atoms with E-state index in [1.165, 1.54) is 28.6 Å².